The molecule has 0 aliphatic rings. The van der Waals surface area contributed by atoms with Crippen LogP contribution in [0.5, 0.6) is 0 Å². The fourth-order valence-electron chi connectivity index (χ4n) is 1.14. The summed E-state index contributed by atoms with van der Waals surface area (Å²) >= 11 is 0. The van der Waals surface area contributed by atoms with Gasteiger partial charge in [0, 0.05) is 13.0 Å². The van der Waals surface area contributed by atoms with Gasteiger partial charge < -0.3 is 10.1 Å². The third-order valence-corrected chi connectivity index (χ3v) is 1.84. The van der Waals surface area contributed by atoms with Crippen molar-refractivity contribution in [2.24, 2.45) is 0 Å². The molecule has 1 N–H and O–H groups in total. The molecule has 82 valence electrons. The van der Waals surface area contributed by atoms with Gasteiger partial charge in [-0.2, -0.15) is 0 Å². The van der Waals surface area contributed by atoms with Crippen LogP contribution < -0.4 is 5.32 Å². The van der Waals surface area contributed by atoms with Crippen molar-refractivity contribution >= 4 is 12.4 Å². The topological polar surface area (TPSA) is 55.4 Å². The number of carbonyl (C=O) groups excluding carboxylic acids is 2. The molecule has 0 radical (unpaired) electrons. The molecule has 1 amide bonds. The van der Waals surface area contributed by atoms with Crippen LogP contribution in [0.25, 0.3) is 0 Å². The number of esters is 1. The molecule has 0 aliphatic heterocycles. The van der Waals surface area contributed by atoms with Crippen molar-refractivity contribution in [3.05, 3.63) is 0 Å². The van der Waals surface area contributed by atoms with Gasteiger partial charge in [-0.25, -0.2) is 0 Å². The van der Waals surface area contributed by atoms with Gasteiger partial charge in [-0.3, -0.25) is 9.59 Å². The molecular weight excluding hydrogens is 182 g/mol. The molecule has 0 aromatic rings. The molecule has 0 rings (SSSR count). The quantitative estimate of drug-likeness (QED) is 0.347. The van der Waals surface area contributed by atoms with Gasteiger partial charge >= 0.3 is 5.97 Å². The fourth-order valence-corrected chi connectivity index (χ4v) is 1.14. The van der Waals surface area contributed by atoms with Crippen molar-refractivity contribution in [1.29, 1.82) is 0 Å². The summed E-state index contributed by atoms with van der Waals surface area (Å²) in [5.74, 6) is -0.112. The number of hydrogen-bond acceptors (Lipinski definition) is 3. The van der Waals surface area contributed by atoms with E-state index in [-0.39, 0.29) is 5.97 Å². The summed E-state index contributed by atoms with van der Waals surface area (Å²) in [6.07, 6.45) is 5.12. The first-order valence-electron chi connectivity index (χ1n) is 5.14. The zero-order valence-corrected chi connectivity index (χ0v) is 8.75. The lowest BCUT2D eigenvalue weighted by Gasteiger charge is -2.01. The average Bonchev–Trinajstić information content (AvgIpc) is 2.17. The zero-order chi connectivity index (χ0) is 10.6. The predicted molar refractivity (Wildman–Crippen MR) is 53.8 cm³/mol. The van der Waals surface area contributed by atoms with Crippen molar-refractivity contribution in [1.82, 2.24) is 5.32 Å². The zero-order valence-electron chi connectivity index (χ0n) is 8.75. The summed E-state index contributed by atoms with van der Waals surface area (Å²) in [6, 6.07) is 0. The lowest BCUT2D eigenvalue weighted by atomic mass is 10.1. The van der Waals surface area contributed by atoms with E-state index in [9.17, 15) is 9.59 Å². The maximum atomic E-state index is 10.9. The van der Waals surface area contributed by atoms with E-state index >= 15 is 0 Å². The Morgan fingerprint density at radius 2 is 2.00 bits per heavy atom. The Labute approximate surface area is 85.0 Å². The minimum absolute atomic E-state index is 0.112. The lowest BCUT2D eigenvalue weighted by Crippen LogP contribution is -2.11. The molecule has 0 atom stereocenters. The summed E-state index contributed by atoms with van der Waals surface area (Å²) < 4.78 is 4.79. The molecule has 0 bridgehead atoms. The number of nitrogens with one attached hydrogen (secondary N) is 1. The Hall–Kier alpha value is -1.06. The summed E-state index contributed by atoms with van der Waals surface area (Å²) in [5.41, 5.74) is 0. The van der Waals surface area contributed by atoms with E-state index in [0.717, 1.165) is 32.2 Å². The SMILES string of the molecule is CCOC(=O)CCCCCCNC=O. The first-order valence-corrected chi connectivity index (χ1v) is 5.14. The predicted octanol–water partition coefficient (Wildman–Crippen LogP) is 1.25. The summed E-state index contributed by atoms with van der Waals surface area (Å²) in [6.45, 7) is 2.99. The van der Waals surface area contributed by atoms with E-state index in [1.165, 1.54) is 0 Å². The van der Waals surface area contributed by atoms with E-state index < -0.39 is 0 Å². The van der Waals surface area contributed by atoms with E-state index in [4.69, 9.17) is 4.74 Å². The van der Waals surface area contributed by atoms with Gasteiger partial charge in [-0.1, -0.05) is 12.8 Å². The van der Waals surface area contributed by atoms with Gasteiger partial charge in [0.1, 0.15) is 0 Å². The second kappa shape index (κ2) is 10.0. The fraction of sp³-hybridized carbons (Fsp3) is 0.800. The smallest absolute Gasteiger partial charge is 0.305 e. The maximum Gasteiger partial charge on any atom is 0.305 e. The number of rotatable bonds is 9. The minimum atomic E-state index is -0.112. The molecule has 0 heterocycles. The van der Waals surface area contributed by atoms with Gasteiger partial charge in [-0.05, 0) is 19.8 Å². The van der Waals surface area contributed by atoms with Crippen molar-refractivity contribution in [2.75, 3.05) is 13.2 Å². The van der Waals surface area contributed by atoms with E-state index in [0.29, 0.717) is 19.4 Å². The van der Waals surface area contributed by atoms with Crippen LogP contribution in [0.2, 0.25) is 0 Å². The highest BCUT2D eigenvalue weighted by molar-refractivity contribution is 5.69. The molecule has 4 nitrogen and oxygen atoms in total. The maximum absolute atomic E-state index is 10.9. The average molecular weight is 201 g/mol. The number of unbranched alkanes of at least 4 members (excludes halogenated alkanes) is 3. The van der Waals surface area contributed by atoms with Crippen molar-refractivity contribution in [2.45, 2.75) is 39.0 Å². The number of hydrogen-bond donors (Lipinski definition) is 1. The standard InChI is InChI=1S/C10H19NO3/c1-2-14-10(13)7-5-3-4-6-8-11-9-12/h9H,2-8H2,1H3,(H,11,12). The summed E-state index contributed by atoms with van der Waals surface area (Å²) in [7, 11) is 0. The minimum Gasteiger partial charge on any atom is -0.466 e. The molecular formula is C10H19NO3. The molecule has 0 aromatic carbocycles. The highest BCUT2D eigenvalue weighted by Crippen LogP contribution is 2.03. The van der Waals surface area contributed by atoms with Crippen LogP contribution in [-0.2, 0) is 14.3 Å². The summed E-state index contributed by atoms with van der Waals surface area (Å²) in [5, 5.41) is 2.60. The van der Waals surface area contributed by atoms with Crippen molar-refractivity contribution in [3.63, 3.8) is 0 Å². The highest BCUT2D eigenvalue weighted by Gasteiger charge is 1.99. The Bertz CT molecular complexity index is 159. The van der Waals surface area contributed by atoms with Gasteiger partial charge in [0.15, 0.2) is 0 Å². The van der Waals surface area contributed by atoms with E-state index in [2.05, 4.69) is 5.32 Å². The normalized spacial score (nSPS) is 9.50. The summed E-state index contributed by atoms with van der Waals surface area (Å²) in [4.78, 5) is 20.8. The van der Waals surface area contributed by atoms with E-state index in [1.54, 1.807) is 0 Å². The van der Waals surface area contributed by atoms with Crippen LogP contribution in [0.15, 0.2) is 0 Å². The molecule has 0 aromatic heterocycles. The van der Waals surface area contributed by atoms with Gasteiger partial charge in [0.05, 0.1) is 6.61 Å². The van der Waals surface area contributed by atoms with Gasteiger partial charge in [0.2, 0.25) is 6.41 Å². The Morgan fingerprint density at radius 1 is 1.29 bits per heavy atom. The molecule has 0 saturated heterocycles. The second-order valence-electron chi connectivity index (χ2n) is 3.04. The number of ether oxygens (including phenoxy) is 1. The van der Waals surface area contributed by atoms with Gasteiger partial charge in [0.25, 0.3) is 0 Å². The number of amides is 1. The molecule has 0 aliphatic carbocycles. The first kappa shape index (κ1) is 12.9. The molecule has 14 heavy (non-hydrogen) atoms. The Balaban J connectivity index is 3.05. The Morgan fingerprint density at radius 3 is 2.64 bits per heavy atom. The van der Waals surface area contributed by atoms with E-state index in [1.807, 2.05) is 6.92 Å². The monoisotopic (exact) mass is 201 g/mol. The molecule has 0 saturated carbocycles. The highest BCUT2D eigenvalue weighted by atomic mass is 16.5. The number of carbonyl (C=O) groups is 2. The van der Waals surface area contributed by atoms with Crippen LogP contribution in [0.1, 0.15) is 39.0 Å². The van der Waals surface area contributed by atoms with Crippen molar-refractivity contribution in [3.8, 4) is 0 Å². The molecule has 0 spiro atoms. The van der Waals surface area contributed by atoms with Crippen molar-refractivity contribution < 1.29 is 14.3 Å². The van der Waals surface area contributed by atoms with Crippen LogP contribution >= 0.6 is 0 Å². The van der Waals surface area contributed by atoms with Crippen LogP contribution in [0.4, 0.5) is 0 Å². The third kappa shape index (κ3) is 9.03. The van der Waals surface area contributed by atoms with Crippen LogP contribution in [0.3, 0.4) is 0 Å². The second-order valence-corrected chi connectivity index (χ2v) is 3.04. The Kier molecular flexibility index (Phi) is 9.26. The van der Waals surface area contributed by atoms with Crippen LogP contribution in [0, 0.1) is 0 Å². The molecule has 4 heteroatoms. The molecule has 0 unspecified atom stereocenters. The lowest BCUT2D eigenvalue weighted by molar-refractivity contribution is -0.143. The van der Waals surface area contributed by atoms with Crippen LogP contribution in [-0.4, -0.2) is 25.5 Å². The largest absolute Gasteiger partial charge is 0.466 e. The molecule has 0 fully saturated rings. The first-order chi connectivity index (χ1) is 6.81. The third-order valence-electron chi connectivity index (χ3n) is 1.84. The van der Waals surface area contributed by atoms with Gasteiger partial charge in [-0.15, -0.1) is 0 Å².